The van der Waals surface area contributed by atoms with Crippen LogP contribution < -0.4 is 4.74 Å². The van der Waals surface area contributed by atoms with Gasteiger partial charge in [-0.3, -0.25) is 4.79 Å². The number of hydrogen-bond donors (Lipinski definition) is 0. The molecule has 0 radical (unpaired) electrons. The largest absolute Gasteiger partial charge is 0.438 e. The average Bonchev–Trinajstić information content (AvgIpc) is 2.34. The summed E-state index contributed by atoms with van der Waals surface area (Å²) in [5.41, 5.74) is 2.23. The van der Waals surface area contributed by atoms with Crippen LogP contribution in [0.25, 0.3) is 0 Å². The van der Waals surface area contributed by atoms with Gasteiger partial charge in [-0.1, -0.05) is 18.2 Å². The summed E-state index contributed by atoms with van der Waals surface area (Å²) in [6.45, 7) is 3.88. The van der Waals surface area contributed by atoms with Gasteiger partial charge >= 0.3 is 0 Å². The molecule has 0 spiro atoms. The molecule has 0 N–H and O–H groups in total. The lowest BCUT2D eigenvalue weighted by molar-refractivity contribution is 0.107. The van der Waals surface area contributed by atoms with Gasteiger partial charge in [-0.2, -0.15) is 0 Å². The predicted molar refractivity (Wildman–Crippen MR) is 70.4 cm³/mol. The van der Waals surface area contributed by atoms with Crippen molar-refractivity contribution in [1.82, 2.24) is 4.98 Å². The Bertz CT molecular complexity index is 576. The lowest BCUT2D eigenvalue weighted by atomic mass is 10.1. The number of hydrogen-bond acceptors (Lipinski definition) is 3. The minimum atomic E-state index is -0.579. The number of halogens is 1. The van der Waals surface area contributed by atoms with E-state index in [1.54, 1.807) is 18.3 Å². The van der Waals surface area contributed by atoms with Crippen LogP contribution in [0.3, 0.4) is 0 Å². The Hall–Kier alpha value is -1.87. The number of carbonyl (C=O) groups excluding carboxylic acids is 1. The zero-order chi connectivity index (χ0) is 13.1. The van der Waals surface area contributed by atoms with Crippen molar-refractivity contribution in [1.29, 1.82) is 0 Å². The molecule has 1 aromatic heterocycles. The smallest absolute Gasteiger partial charge is 0.257 e. The van der Waals surface area contributed by atoms with Crippen LogP contribution in [-0.4, -0.2) is 10.2 Å². The van der Waals surface area contributed by atoms with Crippen molar-refractivity contribution in [2.24, 2.45) is 0 Å². The van der Waals surface area contributed by atoms with Crippen LogP contribution in [0.15, 0.2) is 36.5 Å². The highest BCUT2D eigenvalue weighted by Crippen LogP contribution is 2.29. The summed E-state index contributed by atoms with van der Waals surface area (Å²) in [4.78, 5) is 15.3. The third kappa shape index (κ3) is 2.51. The van der Waals surface area contributed by atoms with E-state index in [2.05, 4.69) is 4.98 Å². The van der Waals surface area contributed by atoms with Gasteiger partial charge in [0.15, 0.2) is 0 Å². The summed E-state index contributed by atoms with van der Waals surface area (Å²) in [5, 5.41) is -0.579. The Balaban J connectivity index is 2.43. The highest BCUT2D eigenvalue weighted by molar-refractivity contribution is 6.68. The van der Waals surface area contributed by atoms with E-state index in [9.17, 15) is 4.79 Å². The maximum absolute atomic E-state index is 11.3. The summed E-state index contributed by atoms with van der Waals surface area (Å²) >= 11 is 5.50. The van der Waals surface area contributed by atoms with Crippen molar-refractivity contribution in [2.75, 3.05) is 0 Å². The van der Waals surface area contributed by atoms with E-state index in [4.69, 9.17) is 16.3 Å². The molecule has 0 atom stereocenters. The fourth-order valence-corrected chi connectivity index (χ4v) is 1.82. The van der Waals surface area contributed by atoms with Crippen molar-refractivity contribution in [3.63, 3.8) is 0 Å². The Morgan fingerprint density at radius 2 is 1.83 bits per heavy atom. The second kappa shape index (κ2) is 5.19. The van der Waals surface area contributed by atoms with Crippen molar-refractivity contribution >= 4 is 16.8 Å². The molecular weight excluding hydrogens is 250 g/mol. The molecule has 0 aliphatic carbocycles. The zero-order valence-electron chi connectivity index (χ0n) is 10.1. The number of rotatable bonds is 3. The van der Waals surface area contributed by atoms with Gasteiger partial charge in [0.2, 0.25) is 5.88 Å². The topological polar surface area (TPSA) is 39.2 Å². The molecular formula is C14H12ClNO2. The highest BCUT2D eigenvalue weighted by Gasteiger charge is 2.13. The van der Waals surface area contributed by atoms with E-state index in [-0.39, 0.29) is 11.4 Å². The van der Waals surface area contributed by atoms with Crippen LogP contribution in [0, 0.1) is 13.8 Å². The lowest BCUT2D eigenvalue weighted by Gasteiger charge is -2.12. The van der Waals surface area contributed by atoms with Crippen molar-refractivity contribution in [3.8, 4) is 11.6 Å². The maximum atomic E-state index is 11.3. The van der Waals surface area contributed by atoms with Gasteiger partial charge in [0.05, 0.1) is 5.56 Å². The standard InChI is InChI=1S/C14H12ClNO2/c1-9-5-3-6-10(2)12(9)18-14-11(13(15)17)7-4-8-16-14/h3-8H,1-2H3. The predicted octanol–water partition coefficient (Wildman–Crippen LogP) is 3.87. The lowest BCUT2D eigenvalue weighted by Crippen LogP contribution is -1.99. The van der Waals surface area contributed by atoms with Gasteiger partial charge in [0.1, 0.15) is 5.75 Å². The molecule has 2 rings (SSSR count). The number of aryl methyl sites for hydroxylation is 2. The van der Waals surface area contributed by atoms with E-state index in [1.807, 2.05) is 32.0 Å². The van der Waals surface area contributed by atoms with Crippen LogP contribution in [0.1, 0.15) is 21.5 Å². The summed E-state index contributed by atoms with van der Waals surface area (Å²) in [6.07, 6.45) is 1.56. The fraction of sp³-hybridized carbons (Fsp3) is 0.143. The molecule has 0 aliphatic heterocycles. The zero-order valence-corrected chi connectivity index (χ0v) is 10.9. The quantitative estimate of drug-likeness (QED) is 0.788. The summed E-state index contributed by atoms with van der Waals surface area (Å²) in [5.74, 6) is 0.935. The van der Waals surface area contributed by atoms with Gasteiger partial charge < -0.3 is 4.74 Å². The fourth-order valence-electron chi connectivity index (χ4n) is 1.68. The highest BCUT2D eigenvalue weighted by atomic mass is 35.5. The van der Waals surface area contributed by atoms with Crippen molar-refractivity contribution in [3.05, 3.63) is 53.2 Å². The third-order valence-electron chi connectivity index (χ3n) is 2.59. The molecule has 0 saturated heterocycles. The Kier molecular flexibility index (Phi) is 3.63. The van der Waals surface area contributed by atoms with E-state index >= 15 is 0 Å². The van der Waals surface area contributed by atoms with E-state index in [0.29, 0.717) is 5.75 Å². The van der Waals surface area contributed by atoms with E-state index < -0.39 is 5.24 Å². The number of aromatic nitrogens is 1. The summed E-state index contributed by atoms with van der Waals surface area (Å²) < 4.78 is 5.72. The molecule has 0 bridgehead atoms. The SMILES string of the molecule is Cc1cccc(C)c1Oc1ncccc1C(=O)Cl. The number of benzene rings is 1. The van der Waals surface area contributed by atoms with Gasteiger partial charge in [0, 0.05) is 6.20 Å². The minimum Gasteiger partial charge on any atom is -0.438 e. The molecule has 0 fully saturated rings. The van der Waals surface area contributed by atoms with Crippen LogP contribution >= 0.6 is 11.6 Å². The molecule has 1 aromatic carbocycles. The second-order valence-corrected chi connectivity index (χ2v) is 4.30. The first-order valence-electron chi connectivity index (χ1n) is 5.48. The van der Waals surface area contributed by atoms with Crippen LogP contribution in [0.4, 0.5) is 0 Å². The Morgan fingerprint density at radius 3 is 2.44 bits per heavy atom. The van der Waals surface area contributed by atoms with Crippen molar-refractivity contribution in [2.45, 2.75) is 13.8 Å². The second-order valence-electron chi connectivity index (χ2n) is 3.95. The van der Waals surface area contributed by atoms with E-state index in [0.717, 1.165) is 11.1 Å². The monoisotopic (exact) mass is 261 g/mol. The molecule has 0 aliphatic rings. The normalized spacial score (nSPS) is 10.2. The molecule has 4 heteroatoms. The molecule has 0 unspecified atom stereocenters. The van der Waals surface area contributed by atoms with Crippen LogP contribution in [-0.2, 0) is 0 Å². The molecule has 2 aromatic rings. The first kappa shape index (κ1) is 12.6. The van der Waals surface area contributed by atoms with Gasteiger partial charge in [0.25, 0.3) is 5.24 Å². The van der Waals surface area contributed by atoms with Gasteiger partial charge in [-0.05, 0) is 48.7 Å². The Labute approximate surface area is 110 Å². The molecule has 1 heterocycles. The van der Waals surface area contributed by atoms with Crippen LogP contribution in [0.5, 0.6) is 11.6 Å². The van der Waals surface area contributed by atoms with Gasteiger partial charge in [-0.25, -0.2) is 4.98 Å². The minimum absolute atomic E-state index is 0.231. The number of carbonyl (C=O) groups is 1. The van der Waals surface area contributed by atoms with Gasteiger partial charge in [-0.15, -0.1) is 0 Å². The Morgan fingerprint density at radius 1 is 1.17 bits per heavy atom. The number of nitrogens with zero attached hydrogens (tertiary/aromatic N) is 1. The number of para-hydroxylation sites is 1. The molecule has 18 heavy (non-hydrogen) atoms. The summed E-state index contributed by atoms with van der Waals surface area (Å²) in [7, 11) is 0. The maximum Gasteiger partial charge on any atom is 0.257 e. The van der Waals surface area contributed by atoms with Crippen molar-refractivity contribution < 1.29 is 9.53 Å². The first-order valence-corrected chi connectivity index (χ1v) is 5.86. The first-order chi connectivity index (χ1) is 8.59. The molecule has 0 amide bonds. The summed E-state index contributed by atoms with van der Waals surface area (Å²) in [6, 6.07) is 9.06. The van der Waals surface area contributed by atoms with E-state index in [1.165, 1.54) is 0 Å². The molecule has 0 saturated carbocycles. The number of ether oxygens (including phenoxy) is 1. The molecule has 3 nitrogen and oxygen atoms in total. The third-order valence-corrected chi connectivity index (χ3v) is 2.79. The average molecular weight is 262 g/mol. The number of pyridine rings is 1. The molecule has 92 valence electrons. The van der Waals surface area contributed by atoms with Crippen LogP contribution in [0.2, 0.25) is 0 Å².